The summed E-state index contributed by atoms with van der Waals surface area (Å²) in [5.41, 5.74) is 2.75. The Kier molecular flexibility index (Phi) is 9.15. The summed E-state index contributed by atoms with van der Waals surface area (Å²) in [6.45, 7) is 6.36. The molecule has 0 bridgehead atoms. The van der Waals surface area contributed by atoms with E-state index in [2.05, 4.69) is 53.4 Å². The number of benzene rings is 3. The fourth-order valence-corrected chi connectivity index (χ4v) is 7.02. The lowest BCUT2D eigenvalue weighted by Gasteiger charge is -2.26. The molecule has 2 atom stereocenters. The van der Waals surface area contributed by atoms with E-state index in [1.807, 2.05) is 19.1 Å². The van der Waals surface area contributed by atoms with Gasteiger partial charge in [-0.3, -0.25) is 9.69 Å². The predicted molar refractivity (Wildman–Crippen MR) is 153 cm³/mol. The Hall–Kier alpha value is -2.67. The second-order valence-electron chi connectivity index (χ2n) is 10.4. The predicted octanol–water partition coefficient (Wildman–Crippen LogP) is 6.10. The van der Waals surface area contributed by atoms with Crippen molar-refractivity contribution >= 4 is 34.3 Å². The van der Waals surface area contributed by atoms with Gasteiger partial charge in [-0.05, 0) is 72.6 Å². The molecular weight excluding hydrogens is 494 g/mol. The normalized spacial score (nSPS) is 20.2. The molecule has 0 amide bonds. The van der Waals surface area contributed by atoms with Gasteiger partial charge in [0.15, 0.2) is 0 Å². The number of hydrogen-bond acceptors (Lipinski definition) is 6. The van der Waals surface area contributed by atoms with E-state index in [-0.39, 0.29) is 11.2 Å². The van der Waals surface area contributed by atoms with E-state index in [0.29, 0.717) is 30.3 Å². The fraction of sp³-hybridized carbons (Fsp3) is 0.438. The number of rotatable bonds is 10. The molecule has 5 nitrogen and oxygen atoms in total. The zero-order chi connectivity index (χ0) is 26.3. The molecule has 2 fully saturated rings. The summed E-state index contributed by atoms with van der Waals surface area (Å²) in [6, 6.07) is 20.9. The summed E-state index contributed by atoms with van der Waals surface area (Å²) in [7, 11) is 0. The molecule has 2 aliphatic rings. The molecule has 1 aliphatic heterocycles. The first-order valence-corrected chi connectivity index (χ1v) is 14.7. The fourth-order valence-electron chi connectivity index (χ4n) is 5.56. The number of aryl methyl sites for hydroxylation is 2. The second-order valence-corrected chi connectivity index (χ2v) is 11.6. The maximum atomic E-state index is 12.8. The first-order valence-electron chi connectivity index (χ1n) is 13.8. The van der Waals surface area contributed by atoms with E-state index >= 15 is 0 Å². The van der Waals surface area contributed by atoms with Gasteiger partial charge in [-0.15, -0.1) is 11.8 Å². The van der Waals surface area contributed by atoms with Crippen LogP contribution < -0.4 is 0 Å². The highest BCUT2D eigenvalue weighted by molar-refractivity contribution is 8.00. The van der Waals surface area contributed by atoms with Crippen LogP contribution >= 0.6 is 11.8 Å². The van der Waals surface area contributed by atoms with Gasteiger partial charge in [-0.1, -0.05) is 48.5 Å². The zero-order valence-corrected chi connectivity index (χ0v) is 23.0. The molecule has 0 radical (unpaired) electrons. The Morgan fingerprint density at radius 2 is 1.89 bits per heavy atom. The highest BCUT2D eigenvalue weighted by Gasteiger charge is 2.35. The van der Waals surface area contributed by atoms with E-state index in [1.165, 1.54) is 15.7 Å². The van der Waals surface area contributed by atoms with Crippen molar-refractivity contribution in [2.75, 3.05) is 39.5 Å². The molecule has 0 spiro atoms. The monoisotopic (exact) mass is 531 g/mol. The molecule has 3 aromatic carbocycles. The summed E-state index contributed by atoms with van der Waals surface area (Å²) in [4.78, 5) is 29.1. The largest absolute Gasteiger partial charge is 0.461 e. The van der Waals surface area contributed by atoms with Crippen molar-refractivity contribution in [3.8, 4) is 0 Å². The Labute approximate surface area is 229 Å². The van der Waals surface area contributed by atoms with Gasteiger partial charge in [0.1, 0.15) is 12.4 Å². The number of thioether (sulfide) groups is 1. The lowest BCUT2D eigenvalue weighted by atomic mass is 9.96. The van der Waals surface area contributed by atoms with Crippen LogP contribution in [0.5, 0.6) is 0 Å². The summed E-state index contributed by atoms with van der Waals surface area (Å²) in [6.07, 6.45) is 4.55. The highest BCUT2D eigenvalue weighted by atomic mass is 32.2. The van der Waals surface area contributed by atoms with Crippen molar-refractivity contribution in [1.29, 1.82) is 0 Å². The number of hydrogen-bond donors (Lipinski definition) is 0. The van der Waals surface area contributed by atoms with Gasteiger partial charge < -0.3 is 9.47 Å². The van der Waals surface area contributed by atoms with E-state index < -0.39 is 0 Å². The van der Waals surface area contributed by atoms with Gasteiger partial charge in [0.05, 0.1) is 24.0 Å². The Morgan fingerprint density at radius 3 is 2.76 bits per heavy atom. The average molecular weight is 532 g/mol. The number of Topliss-reactive ketones (excluding diaryl/α,β-unsaturated/α-hetero) is 1. The van der Waals surface area contributed by atoms with Crippen molar-refractivity contribution in [3.63, 3.8) is 0 Å². The topological polar surface area (TPSA) is 55.8 Å². The number of nitrogens with zero attached hydrogens (tertiary/aromatic N) is 1. The van der Waals surface area contributed by atoms with Crippen LogP contribution in [0.2, 0.25) is 0 Å². The van der Waals surface area contributed by atoms with Crippen molar-refractivity contribution in [2.45, 2.75) is 49.2 Å². The highest BCUT2D eigenvalue weighted by Crippen LogP contribution is 2.41. The SMILES string of the molecule is Cc1ccc(CCC[C@H]2CCC(=O)C2Sc2cccc3ccccc23)cc1C(=O)OCCN1CCOCC1. The van der Waals surface area contributed by atoms with Gasteiger partial charge in [-0.2, -0.15) is 0 Å². The Balaban J connectivity index is 1.15. The zero-order valence-electron chi connectivity index (χ0n) is 22.2. The molecule has 1 unspecified atom stereocenters. The number of fused-ring (bicyclic) bond motifs is 1. The molecule has 1 heterocycles. The summed E-state index contributed by atoms with van der Waals surface area (Å²) in [5.74, 6) is 0.525. The maximum absolute atomic E-state index is 12.8. The molecule has 6 heteroatoms. The van der Waals surface area contributed by atoms with Gasteiger partial charge in [0.2, 0.25) is 0 Å². The van der Waals surface area contributed by atoms with E-state index in [1.54, 1.807) is 11.8 Å². The molecule has 200 valence electrons. The third-order valence-corrected chi connectivity index (χ3v) is 9.33. The number of esters is 1. The van der Waals surface area contributed by atoms with Crippen LogP contribution in [0.3, 0.4) is 0 Å². The van der Waals surface area contributed by atoms with Crippen LogP contribution in [0.25, 0.3) is 10.8 Å². The van der Waals surface area contributed by atoms with Gasteiger partial charge >= 0.3 is 5.97 Å². The van der Waals surface area contributed by atoms with Crippen molar-refractivity contribution in [1.82, 2.24) is 4.90 Å². The summed E-state index contributed by atoms with van der Waals surface area (Å²) in [5, 5.41) is 2.47. The molecule has 0 aromatic heterocycles. The molecule has 1 saturated carbocycles. The average Bonchev–Trinajstić information content (AvgIpc) is 3.29. The molecule has 38 heavy (non-hydrogen) atoms. The minimum Gasteiger partial charge on any atom is -0.461 e. The van der Waals surface area contributed by atoms with Crippen LogP contribution in [0, 0.1) is 12.8 Å². The van der Waals surface area contributed by atoms with Crippen molar-refractivity contribution in [2.24, 2.45) is 5.92 Å². The van der Waals surface area contributed by atoms with Crippen LogP contribution in [-0.4, -0.2) is 61.4 Å². The quantitative estimate of drug-likeness (QED) is 0.295. The van der Waals surface area contributed by atoms with Crippen LogP contribution in [-0.2, 0) is 20.7 Å². The van der Waals surface area contributed by atoms with Gasteiger partial charge in [-0.25, -0.2) is 4.79 Å². The number of carbonyl (C=O) groups excluding carboxylic acids is 2. The molecule has 1 saturated heterocycles. The first-order chi connectivity index (χ1) is 18.6. The maximum Gasteiger partial charge on any atom is 0.338 e. The third kappa shape index (κ3) is 6.66. The van der Waals surface area contributed by atoms with Crippen LogP contribution in [0.1, 0.15) is 47.2 Å². The van der Waals surface area contributed by atoms with Gasteiger partial charge in [0, 0.05) is 31.0 Å². The van der Waals surface area contributed by atoms with E-state index in [4.69, 9.17) is 9.47 Å². The molecule has 3 aromatic rings. The lowest BCUT2D eigenvalue weighted by molar-refractivity contribution is -0.117. The Morgan fingerprint density at radius 1 is 1.08 bits per heavy atom. The van der Waals surface area contributed by atoms with Crippen molar-refractivity contribution in [3.05, 3.63) is 77.4 Å². The standard InChI is InChI=1S/C32H37NO4S/c1-23-12-13-24(22-28(23)32(35)37-21-18-33-16-19-36-20-17-33)6-4-9-26-14-15-29(34)31(26)38-30-11-5-8-25-7-2-3-10-27(25)30/h2-3,5,7-8,10-13,22,26,31H,4,6,9,14-21H2,1H3/t26-,31?/m0/s1. The van der Waals surface area contributed by atoms with Crippen LogP contribution in [0.15, 0.2) is 65.6 Å². The van der Waals surface area contributed by atoms with E-state index in [0.717, 1.165) is 69.7 Å². The smallest absolute Gasteiger partial charge is 0.338 e. The Bertz CT molecular complexity index is 1260. The first kappa shape index (κ1) is 26.9. The van der Waals surface area contributed by atoms with Crippen molar-refractivity contribution < 1.29 is 19.1 Å². The number of ketones is 1. The number of carbonyl (C=O) groups is 2. The lowest BCUT2D eigenvalue weighted by Crippen LogP contribution is -2.38. The summed E-state index contributed by atoms with van der Waals surface area (Å²) >= 11 is 1.75. The second kappa shape index (κ2) is 12.9. The minimum absolute atomic E-state index is 0.0239. The van der Waals surface area contributed by atoms with Gasteiger partial charge in [0.25, 0.3) is 0 Å². The molecule has 5 rings (SSSR count). The minimum atomic E-state index is -0.245. The number of ether oxygens (including phenoxy) is 2. The van der Waals surface area contributed by atoms with Crippen LogP contribution in [0.4, 0.5) is 0 Å². The third-order valence-electron chi connectivity index (χ3n) is 7.82. The molecule has 0 N–H and O–H groups in total. The molecule has 1 aliphatic carbocycles. The number of morpholine rings is 1. The van der Waals surface area contributed by atoms with E-state index in [9.17, 15) is 9.59 Å². The summed E-state index contributed by atoms with van der Waals surface area (Å²) < 4.78 is 11.0. The molecular formula is C32H37NO4S.